The fourth-order valence-electron chi connectivity index (χ4n) is 2.76. The van der Waals surface area contributed by atoms with Gasteiger partial charge in [0.2, 0.25) is 10.0 Å². The topological polar surface area (TPSA) is 70.0 Å². The van der Waals surface area contributed by atoms with Gasteiger partial charge < -0.3 is 0 Å². The number of hydrogen-bond donors (Lipinski definition) is 1. The second-order valence-corrected chi connectivity index (χ2v) is 7.83. The predicted octanol–water partition coefficient (Wildman–Crippen LogP) is 2.56. The summed E-state index contributed by atoms with van der Waals surface area (Å²) in [6.07, 6.45) is 2.97. The molecule has 5 heteroatoms. The first-order chi connectivity index (χ1) is 9.34. The van der Waals surface area contributed by atoms with Crippen molar-refractivity contribution in [2.24, 2.45) is 5.41 Å². The molecule has 0 radical (unpaired) electrons. The highest BCUT2D eigenvalue weighted by Crippen LogP contribution is 2.37. The van der Waals surface area contributed by atoms with E-state index in [9.17, 15) is 8.42 Å². The summed E-state index contributed by atoms with van der Waals surface area (Å²) in [5.74, 6) is -0.136. The molecule has 2 rings (SSSR count). The monoisotopic (exact) mass is 292 g/mol. The zero-order chi connectivity index (χ0) is 14.8. The maximum Gasteiger partial charge on any atom is 0.216 e. The number of nitrogens with zero attached hydrogens (tertiary/aromatic N) is 1. The highest BCUT2D eigenvalue weighted by molar-refractivity contribution is 7.88. The molecule has 1 unspecified atom stereocenters. The van der Waals surface area contributed by atoms with Gasteiger partial charge in [-0.15, -0.1) is 0 Å². The van der Waals surface area contributed by atoms with Gasteiger partial charge >= 0.3 is 0 Å². The first kappa shape index (κ1) is 15.0. The Labute approximate surface area is 120 Å². The van der Waals surface area contributed by atoms with Crippen molar-refractivity contribution in [3.05, 3.63) is 35.4 Å². The van der Waals surface area contributed by atoms with E-state index in [0.717, 1.165) is 19.3 Å². The highest BCUT2D eigenvalue weighted by atomic mass is 32.2. The Kier molecular flexibility index (Phi) is 4.17. The van der Waals surface area contributed by atoms with Gasteiger partial charge in [-0.1, -0.05) is 38.5 Å². The zero-order valence-corrected chi connectivity index (χ0v) is 12.7. The smallest absolute Gasteiger partial charge is 0.212 e. The lowest BCUT2D eigenvalue weighted by Crippen LogP contribution is -2.42. The molecule has 0 spiro atoms. The maximum atomic E-state index is 12.3. The largest absolute Gasteiger partial charge is 0.216 e. The van der Waals surface area contributed by atoms with Crippen molar-refractivity contribution in [2.45, 2.75) is 44.9 Å². The molecule has 108 valence electrons. The number of benzene rings is 1. The maximum absolute atomic E-state index is 12.3. The number of nitrogens with one attached hydrogen (secondary N) is 1. The van der Waals surface area contributed by atoms with Crippen LogP contribution in [-0.2, 0) is 15.8 Å². The zero-order valence-electron chi connectivity index (χ0n) is 11.9. The van der Waals surface area contributed by atoms with E-state index in [1.54, 1.807) is 24.3 Å². The Balaban J connectivity index is 2.14. The van der Waals surface area contributed by atoms with Crippen LogP contribution in [0.2, 0.25) is 0 Å². The van der Waals surface area contributed by atoms with Crippen molar-refractivity contribution in [1.29, 1.82) is 5.26 Å². The standard InChI is InChI=1S/C15H20N2O2S/c1-15(2)9-5-8-14(15)17-20(18,19)11-13-7-4-3-6-12(13)10-16/h3-4,6-7,14,17H,5,8-9,11H2,1-2H3. The SMILES string of the molecule is CC1(C)CCCC1NS(=O)(=O)Cc1ccccc1C#N. The molecule has 1 N–H and O–H groups in total. The molecule has 0 saturated heterocycles. The van der Waals surface area contributed by atoms with E-state index >= 15 is 0 Å². The first-order valence-electron chi connectivity index (χ1n) is 6.82. The van der Waals surface area contributed by atoms with Crippen LogP contribution in [-0.4, -0.2) is 14.5 Å². The second-order valence-electron chi connectivity index (χ2n) is 6.08. The summed E-state index contributed by atoms with van der Waals surface area (Å²) < 4.78 is 27.4. The molecule has 1 aromatic carbocycles. The molecule has 1 aliphatic rings. The molecule has 20 heavy (non-hydrogen) atoms. The van der Waals surface area contributed by atoms with E-state index < -0.39 is 10.0 Å². The second kappa shape index (κ2) is 5.55. The summed E-state index contributed by atoms with van der Waals surface area (Å²) in [6.45, 7) is 4.19. The van der Waals surface area contributed by atoms with Gasteiger partial charge in [-0.05, 0) is 29.9 Å². The Hall–Kier alpha value is -1.38. The number of rotatable bonds is 4. The van der Waals surface area contributed by atoms with Crippen LogP contribution in [0.5, 0.6) is 0 Å². The minimum atomic E-state index is -3.42. The summed E-state index contributed by atoms with van der Waals surface area (Å²) in [6, 6.07) is 8.85. The lowest BCUT2D eigenvalue weighted by atomic mass is 9.88. The Morgan fingerprint density at radius 1 is 1.40 bits per heavy atom. The third kappa shape index (κ3) is 3.38. The average Bonchev–Trinajstić information content (AvgIpc) is 2.68. The summed E-state index contributed by atoms with van der Waals surface area (Å²) in [4.78, 5) is 0. The van der Waals surface area contributed by atoms with E-state index in [1.165, 1.54) is 0 Å². The average molecular weight is 292 g/mol. The molecule has 4 nitrogen and oxygen atoms in total. The molecular weight excluding hydrogens is 272 g/mol. The van der Waals surface area contributed by atoms with E-state index in [0.29, 0.717) is 11.1 Å². The number of sulfonamides is 1. The van der Waals surface area contributed by atoms with Crippen LogP contribution in [0, 0.1) is 16.7 Å². The van der Waals surface area contributed by atoms with Gasteiger partial charge in [-0.3, -0.25) is 0 Å². The summed E-state index contributed by atoms with van der Waals surface area (Å²) >= 11 is 0. The molecule has 1 aliphatic carbocycles. The quantitative estimate of drug-likeness (QED) is 0.927. The molecule has 0 aliphatic heterocycles. The molecule has 1 fully saturated rings. The fourth-order valence-corrected chi connectivity index (χ4v) is 4.38. The molecule has 1 aromatic rings. The van der Waals surface area contributed by atoms with Gasteiger partial charge in [-0.2, -0.15) is 5.26 Å². The van der Waals surface area contributed by atoms with Crippen LogP contribution < -0.4 is 4.72 Å². The summed E-state index contributed by atoms with van der Waals surface area (Å²) in [5, 5.41) is 9.02. The molecule has 1 atom stereocenters. The Morgan fingerprint density at radius 3 is 2.70 bits per heavy atom. The number of nitriles is 1. The molecule has 0 bridgehead atoms. The van der Waals surface area contributed by atoms with Crippen LogP contribution in [0.3, 0.4) is 0 Å². The van der Waals surface area contributed by atoms with Gasteiger partial charge in [0.05, 0.1) is 17.4 Å². The summed E-state index contributed by atoms with van der Waals surface area (Å²) in [5.41, 5.74) is 0.976. The minimum absolute atomic E-state index is 0.00180. The highest BCUT2D eigenvalue weighted by Gasteiger charge is 2.36. The fraction of sp³-hybridized carbons (Fsp3) is 0.533. The van der Waals surface area contributed by atoms with Crippen molar-refractivity contribution >= 4 is 10.0 Å². The van der Waals surface area contributed by atoms with Gasteiger partial charge in [0, 0.05) is 6.04 Å². The van der Waals surface area contributed by atoms with E-state index in [2.05, 4.69) is 18.6 Å². The number of hydrogen-bond acceptors (Lipinski definition) is 3. The van der Waals surface area contributed by atoms with E-state index in [-0.39, 0.29) is 17.2 Å². The minimum Gasteiger partial charge on any atom is -0.212 e. The van der Waals surface area contributed by atoms with Crippen LogP contribution in [0.15, 0.2) is 24.3 Å². The first-order valence-corrected chi connectivity index (χ1v) is 8.47. The normalized spacial score (nSPS) is 21.6. The third-order valence-electron chi connectivity index (χ3n) is 4.06. The van der Waals surface area contributed by atoms with Crippen LogP contribution in [0.4, 0.5) is 0 Å². The molecular formula is C15H20N2O2S. The van der Waals surface area contributed by atoms with Gasteiger partial charge in [-0.25, -0.2) is 13.1 Å². The Morgan fingerprint density at radius 2 is 2.10 bits per heavy atom. The molecule has 1 saturated carbocycles. The molecule has 0 amide bonds. The Bertz CT molecular complexity index is 630. The molecule has 0 heterocycles. The predicted molar refractivity (Wildman–Crippen MR) is 78.3 cm³/mol. The van der Waals surface area contributed by atoms with Crippen LogP contribution in [0.25, 0.3) is 0 Å². The molecule has 0 aromatic heterocycles. The van der Waals surface area contributed by atoms with Crippen LogP contribution >= 0.6 is 0 Å². The van der Waals surface area contributed by atoms with Crippen molar-refractivity contribution in [2.75, 3.05) is 0 Å². The lowest BCUT2D eigenvalue weighted by Gasteiger charge is -2.27. The van der Waals surface area contributed by atoms with Crippen molar-refractivity contribution in [3.63, 3.8) is 0 Å². The van der Waals surface area contributed by atoms with Crippen LogP contribution in [0.1, 0.15) is 44.2 Å². The van der Waals surface area contributed by atoms with Crippen molar-refractivity contribution in [1.82, 2.24) is 4.72 Å². The lowest BCUT2D eigenvalue weighted by molar-refractivity contribution is 0.313. The van der Waals surface area contributed by atoms with Crippen molar-refractivity contribution < 1.29 is 8.42 Å². The summed E-state index contributed by atoms with van der Waals surface area (Å²) in [7, 11) is -3.42. The van der Waals surface area contributed by atoms with E-state index in [1.807, 2.05) is 6.07 Å². The van der Waals surface area contributed by atoms with Gasteiger partial charge in [0.1, 0.15) is 0 Å². The van der Waals surface area contributed by atoms with E-state index in [4.69, 9.17) is 5.26 Å². The van der Waals surface area contributed by atoms with Gasteiger partial charge in [0.15, 0.2) is 0 Å². The van der Waals surface area contributed by atoms with Gasteiger partial charge in [0.25, 0.3) is 0 Å². The third-order valence-corrected chi connectivity index (χ3v) is 5.40. The van der Waals surface area contributed by atoms with Crippen molar-refractivity contribution in [3.8, 4) is 6.07 Å².